The van der Waals surface area contributed by atoms with Gasteiger partial charge in [-0.1, -0.05) is 32.1 Å². The molecule has 1 fully saturated rings. The molecule has 198 valence electrons. The number of hydrogen-bond donors (Lipinski definition) is 1. The lowest BCUT2D eigenvalue weighted by Crippen LogP contribution is -2.11. The number of allylic oxidation sites excluding steroid dienone is 2. The zero-order chi connectivity index (χ0) is 26.9. The van der Waals surface area contributed by atoms with Crippen LogP contribution in [0, 0.1) is 17.2 Å². The molecule has 1 saturated carbocycles. The minimum absolute atomic E-state index is 0.0119. The van der Waals surface area contributed by atoms with Crippen LogP contribution >= 0.6 is 0 Å². The predicted molar refractivity (Wildman–Crippen MR) is 146 cm³/mol. The Kier molecular flexibility index (Phi) is 7.24. The van der Waals surface area contributed by atoms with Crippen molar-refractivity contribution in [2.45, 2.75) is 58.5 Å². The van der Waals surface area contributed by atoms with E-state index in [1.165, 1.54) is 6.07 Å². The number of halogens is 1. The molecule has 0 spiro atoms. The summed E-state index contributed by atoms with van der Waals surface area (Å²) in [5.41, 5.74) is 4.90. The highest BCUT2D eigenvalue weighted by Gasteiger charge is 2.34. The molecule has 1 N–H and O–H groups in total. The van der Waals surface area contributed by atoms with E-state index in [9.17, 15) is 14.3 Å². The van der Waals surface area contributed by atoms with Crippen LogP contribution in [-0.4, -0.2) is 23.2 Å². The highest BCUT2D eigenvalue weighted by atomic mass is 19.1. The maximum Gasteiger partial charge on any atom is 0.303 e. The van der Waals surface area contributed by atoms with Gasteiger partial charge in [-0.25, -0.2) is 4.39 Å². The van der Waals surface area contributed by atoms with Gasteiger partial charge in [0.25, 0.3) is 0 Å². The van der Waals surface area contributed by atoms with Crippen molar-refractivity contribution < 1.29 is 23.8 Å². The van der Waals surface area contributed by atoms with Crippen molar-refractivity contribution in [2.75, 3.05) is 7.11 Å². The van der Waals surface area contributed by atoms with Crippen LogP contribution in [0.3, 0.4) is 0 Å². The molecular formula is C32H34FNO4. The number of ether oxygens (including phenoxy) is 2. The van der Waals surface area contributed by atoms with Gasteiger partial charge in [-0.05, 0) is 90.5 Å². The number of methoxy groups -OCH3 is 1. The summed E-state index contributed by atoms with van der Waals surface area (Å²) in [6, 6.07) is 14.5. The summed E-state index contributed by atoms with van der Waals surface area (Å²) in [7, 11) is 1.57. The fourth-order valence-electron chi connectivity index (χ4n) is 5.53. The third kappa shape index (κ3) is 5.59. The molecule has 0 amide bonds. The molecule has 1 aromatic heterocycles. The maximum absolute atomic E-state index is 15.0. The molecule has 2 aliphatic carbocycles. The molecule has 0 bridgehead atoms. The average Bonchev–Trinajstić information content (AvgIpc) is 3.68. The first kappa shape index (κ1) is 26.0. The zero-order valence-electron chi connectivity index (χ0n) is 22.2. The Balaban J connectivity index is 1.44. The van der Waals surface area contributed by atoms with Crippen molar-refractivity contribution in [3.8, 4) is 22.8 Å². The summed E-state index contributed by atoms with van der Waals surface area (Å²) < 4.78 is 26.5. The van der Waals surface area contributed by atoms with Crippen molar-refractivity contribution in [3.63, 3.8) is 0 Å². The van der Waals surface area contributed by atoms with Crippen LogP contribution in [0.4, 0.5) is 4.39 Å². The zero-order valence-corrected chi connectivity index (χ0v) is 22.2. The van der Waals surface area contributed by atoms with Crippen molar-refractivity contribution >= 4 is 11.5 Å². The Morgan fingerprint density at radius 3 is 2.63 bits per heavy atom. The number of pyridine rings is 1. The van der Waals surface area contributed by atoms with E-state index in [0.717, 1.165) is 47.9 Å². The van der Waals surface area contributed by atoms with Crippen LogP contribution in [-0.2, 0) is 11.4 Å². The normalized spacial score (nSPS) is 17.1. The molecule has 2 aliphatic rings. The number of carboxylic acids is 1. The molecule has 3 aromatic rings. The van der Waals surface area contributed by atoms with Crippen LogP contribution in [0.2, 0.25) is 0 Å². The van der Waals surface area contributed by atoms with Crippen LogP contribution in [0.1, 0.15) is 68.6 Å². The second-order valence-corrected chi connectivity index (χ2v) is 11.0. The van der Waals surface area contributed by atoms with Crippen LogP contribution < -0.4 is 9.47 Å². The third-order valence-electron chi connectivity index (χ3n) is 7.79. The Morgan fingerprint density at radius 2 is 1.95 bits per heavy atom. The highest BCUT2D eigenvalue weighted by molar-refractivity contribution is 5.83. The molecule has 2 aromatic carbocycles. The largest absolute Gasteiger partial charge is 0.497 e. The van der Waals surface area contributed by atoms with E-state index in [-0.39, 0.29) is 23.6 Å². The van der Waals surface area contributed by atoms with E-state index in [0.29, 0.717) is 35.3 Å². The van der Waals surface area contributed by atoms with Gasteiger partial charge in [0.15, 0.2) is 0 Å². The maximum atomic E-state index is 15.0. The lowest BCUT2D eigenvalue weighted by molar-refractivity contribution is -0.137. The number of carboxylic acid groups (broad SMARTS) is 1. The fourth-order valence-corrected chi connectivity index (χ4v) is 5.53. The standard InChI is InChI=1S/C32H34FNO4/c1-32(2)13-5-8-28(32)26-14-20(18-34-31(26)27-16-23(37-3)11-12-29(27)33)19-38-24-7-4-6-22(15-24)25(17-30(35)36)21-9-10-21/h4,6-8,11-12,14-16,18,21,25H,5,9-10,13,17,19H2,1-3H3,(H,35,36)/t25-/m0/s1. The number of aromatic nitrogens is 1. The van der Waals surface area contributed by atoms with Gasteiger partial charge in [0.1, 0.15) is 23.9 Å². The lowest BCUT2D eigenvalue weighted by Gasteiger charge is -2.25. The molecule has 0 radical (unpaired) electrons. The summed E-state index contributed by atoms with van der Waals surface area (Å²) in [6.45, 7) is 4.71. The van der Waals surface area contributed by atoms with E-state index in [1.807, 2.05) is 24.3 Å². The quantitative estimate of drug-likeness (QED) is 0.300. The minimum Gasteiger partial charge on any atom is -0.497 e. The molecule has 1 heterocycles. The number of rotatable bonds is 10. The summed E-state index contributed by atoms with van der Waals surface area (Å²) in [5, 5.41) is 9.37. The van der Waals surface area contributed by atoms with Gasteiger partial charge in [0.05, 0.1) is 19.2 Å². The van der Waals surface area contributed by atoms with Crippen molar-refractivity contribution in [1.29, 1.82) is 0 Å². The highest BCUT2D eigenvalue weighted by Crippen LogP contribution is 2.47. The van der Waals surface area contributed by atoms with Gasteiger partial charge < -0.3 is 14.6 Å². The van der Waals surface area contributed by atoms with E-state index in [1.54, 1.807) is 25.4 Å². The second-order valence-electron chi connectivity index (χ2n) is 11.0. The fraction of sp³-hybridized carbons (Fsp3) is 0.375. The Bertz CT molecular complexity index is 1380. The predicted octanol–water partition coefficient (Wildman–Crippen LogP) is 7.65. The van der Waals surface area contributed by atoms with E-state index in [4.69, 9.17) is 14.5 Å². The Labute approximate surface area is 223 Å². The lowest BCUT2D eigenvalue weighted by atomic mass is 9.80. The molecule has 1 atom stereocenters. The van der Waals surface area contributed by atoms with Crippen molar-refractivity contribution in [3.05, 3.63) is 83.3 Å². The first-order chi connectivity index (χ1) is 18.2. The molecule has 0 saturated heterocycles. The Morgan fingerprint density at radius 1 is 1.13 bits per heavy atom. The van der Waals surface area contributed by atoms with E-state index in [2.05, 4.69) is 26.0 Å². The number of benzene rings is 2. The third-order valence-corrected chi connectivity index (χ3v) is 7.79. The van der Waals surface area contributed by atoms with Gasteiger partial charge in [0.2, 0.25) is 0 Å². The van der Waals surface area contributed by atoms with Crippen LogP contribution in [0.25, 0.3) is 16.8 Å². The topological polar surface area (TPSA) is 68.7 Å². The number of carbonyl (C=O) groups is 1. The smallest absolute Gasteiger partial charge is 0.303 e. The first-order valence-electron chi connectivity index (χ1n) is 13.2. The van der Waals surface area contributed by atoms with Gasteiger partial charge >= 0.3 is 5.97 Å². The van der Waals surface area contributed by atoms with Gasteiger partial charge in [-0.2, -0.15) is 0 Å². The number of aliphatic carboxylic acids is 1. The summed E-state index contributed by atoms with van der Waals surface area (Å²) in [4.78, 5) is 16.1. The monoisotopic (exact) mass is 515 g/mol. The summed E-state index contributed by atoms with van der Waals surface area (Å²) in [6.07, 6.45) is 8.24. The van der Waals surface area contributed by atoms with Crippen molar-refractivity contribution in [1.82, 2.24) is 4.98 Å². The van der Waals surface area contributed by atoms with E-state index < -0.39 is 5.97 Å². The average molecular weight is 516 g/mol. The van der Waals surface area contributed by atoms with Gasteiger partial charge in [0, 0.05) is 22.9 Å². The number of nitrogens with zero attached hydrogens (tertiary/aromatic N) is 1. The van der Waals surface area contributed by atoms with E-state index >= 15 is 0 Å². The molecule has 38 heavy (non-hydrogen) atoms. The summed E-state index contributed by atoms with van der Waals surface area (Å²) >= 11 is 0. The minimum atomic E-state index is -0.775. The summed E-state index contributed by atoms with van der Waals surface area (Å²) in [5.74, 6) is 0.599. The Hall–Kier alpha value is -3.67. The SMILES string of the molecule is COc1ccc(F)c(-c2ncc(COc3cccc([C@@H](CC(=O)O)C4CC4)c3)cc2C2=CCCC2(C)C)c1. The second kappa shape index (κ2) is 10.6. The molecular weight excluding hydrogens is 481 g/mol. The number of hydrogen-bond acceptors (Lipinski definition) is 4. The van der Waals surface area contributed by atoms with Gasteiger partial charge in [-0.3, -0.25) is 9.78 Å². The first-order valence-corrected chi connectivity index (χ1v) is 13.2. The molecule has 5 rings (SSSR count). The molecule has 0 aliphatic heterocycles. The van der Waals surface area contributed by atoms with Crippen molar-refractivity contribution in [2.24, 2.45) is 11.3 Å². The van der Waals surface area contributed by atoms with Crippen LogP contribution in [0.5, 0.6) is 11.5 Å². The van der Waals surface area contributed by atoms with Crippen LogP contribution in [0.15, 0.2) is 60.8 Å². The molecule has 6 heteroatoms. The molecule has 5 nitrogen and oxygen atoms in total. The van der Waals surface area contributed by atoms with Gasteiger partial charge in [-0.15, -0.1) is 0 Å². The molecule has 0 unspecified atom stereocenters.